The lowest BCUT2D eigenvalue weighted by atomic mass is 9.82. The molecule has 4 heteroatoms. The van der Waals surface area contributed by atoms with Gasteiger partial charge in [0.25, 0.3) is 0 Å². The van der Waals surface area contributed by atoms with Gasteiger partial charge in [-0.25, -0.2) is 0 Å². The number of benzene rings is 1. The number of methoxy groups -OCH3 is 1. The quantitative estimate of drug-likeness (QED) is 0.907. The molecule has 0 fully saturated rings. The molecule has 1 aromatic rings. The molecule has 1 N–H and O–H groups in total. The summed E-state index contributed by atoms with van der Waals surface area (Å²) in [5.41, 5.74) is 1.42. The molecule has 1 aromatic carbocycles. The zero-order valence-corrected chi connectivity index (χ0v) is 11.9. The van der Waals surface area contributed by atoms with Crippen LogP contribution in [0, 0.1) is 5.41 Å². The number of anilines is 1. The Hall–Kier alpha value is -1.71. The molecule has 0 bridgehead atoms. The predicted molar refractivity (Wildman–Crippen MR) is 74.9 cm³/mol. The van der Waals surface area contributed by atoms with Crippen LogP contribution < -0.4 is 9.64 Å². The molecule has 1 aliphatic rings. The van der Waals surface area contributed by atoms with Gasteiger partial charge in [-0.15, -0.1) is 0 Å². The number of hydrogen-bond donors (Lipinski definition) is 1. The summed E-state index contributed by atoms with van der Waals surface area (Å²) in [5, 5.41) is 9.46. The monoisotopic (exact) mass is 263 g/mol. The Labute approximate surface area is 114 Å². The van der Waals surface area contributed by atoms with Gasteiger partial charge < -0.3 is 14.7 Å². The average Bonchev–Trinajstić information content (AvgIpc) is 2.77. The van der Waals surface area contributed by atoms with Crippen molar-refractivity contribution in [3.8, 4) is 5.75 Å². The molecule has 2 rings (SSSR count). The highest BCUT2D eigenvalue weighted by Crippen LogP contribution is 2.43. The number of hydrogen-bond acceptors (Lipinski definition) is 3. The van der Waals surface area contributed by atoms with Crippen LogP contribution in [0.1, 0.15) is 26.3 Å². The summed E-state index contributed by atoms with van der Waals surface area (Å²) in [6.07, 6.45) is 0.715. The van der Waals surface area contributed by atoms with Crippen molar-refractivity contribution < 1.29 is 14.6 Å². The second-order valence-corrected chi connectivity index (χ2v) is 5.49. The smallest absolute Gasteiger partial charge is 0.311 e. The van der Waals surface area contributed by atoms with Crippen LogP contribution in [0.25, 0.3) is 0 Å². The van der Waals surface area contributed by atoms with E-state index in [1.54, 1.807) is 21.0 Å². The fourth-order valence-corrected chi connectivity index (χ4v) is 2.87. The first-order valence-corrected chi connectivity index (χ1v) is 6.59. The Balaban J connectivity index is 2.46. The molecule has 4 nitrogen and oxygen atoms in total. The normalized spacial score (nSPS) is 18.3. The standard InChI is InChI=1S/C15H21NO3/c1-5-16-11-7-6-8-12(19-4)10(11)9-13(16)15(2,3)14(17)18/h6-8,13H,5,9H2,1-4H3,(H,17,18). The average molecular weight is 263 g/mol. The number of aliphatic carboxylic acids is 1. The third-order valence-corrected chi connectivity index (χ3v) is 4.14. The summed E-state index contributed by atoms with van der Waals surface area (Å²) in [7, 11) is 1.65. The number of nitrogens with zero attached hydrogens (tertiary/aromatic N) is 1. The first-order chi connectivity index (χ1) is 8.93. The van der Waals surface area contributed by atoms with Crippen LogP contribution in [0.4, 0.5) is 5.69 Å². The summed E-state index contributed by atoms with van der Waals surface area (Å²) in [6, 6.07) is 5.89. The van der Waals surface area contributed by atoms with Gasteiger partial charge in [0.15, 0.2) is 0 Å². The Morgan fingerprint density at radius 2 is 2.21 bits per heavy atom. The molecular formula is C15H21NO3. The zero-order valence-electron chi connectivity index (χ0n) is 11.9. The number of likely N-dealkylation sites (N-methyl/N-ethyl adjacent to an activating group) is 1. The Morgan fingerprint density at radius 3 is 2.74 bits per heavy atom. The number of fused-ring (bicyclic) bond motifs is 1. The van der Waals surface area contributed by atoms with Crippen molar-refractivity contribution >= 4 is 11.7 Å². The molecule has 0 spiro atoms. The van der Waals surface area contributed by atoms with E-state index in [0.29, 0.717) is 6.42 Å². The van der Waals surface area contributed by atoms with E-state index in [-0.39, 0.29) is 6.04 Å². The van der Waals surface area contributed by atoms with Gasteiger partial charge in [0.05, 0.1) is 12.5 Å². The van der Waals surface area contributed by atoms with Crippen LogP contribution in [-0.2, 0) is 11.2 Å². The van der Waals surface area contributed by atoms with Gasteiger partial charge in [0.2, 0.25) is 0 Å². The van der Waals surface area contributed by atoms with Crippen LogP contribution >= 0.6 is 0 Å². The predicted octanol–water partition coefficient (Wildman–Crippen LogP) is 2.56. The summed E-state index contributed by atoms with van der Waals surface area (Å²) in [4.78, 5) is 13.7. The summed E-state index contributed by atoms with van der Waals surface area (Å²) >= 11 is 0. The highest BCUT2D eigenvalue weighted by molar-refractivity contribution is 5.77. The van der Waals surface area contributed by atoms with Crippen molar-refractivity contribution in [2.24, 2.45) is 5.41 Å². The van der Waals surface area contributed by atoms with Gasteiger partial charge in [-0.1, -0.05) is 6.07 Å². The van der Waals surface area contributed by atoms with E-state index in [1.807, 2.05) is 18.2 Å². The number of ether oxygens (including phenoxy) is 1. The lowest BCUT2D eigenvalue weighted by molar-refractivity contribution is -0.148. The fraction of sp³-hybridized carbons (Fsp3) is 0.533. The van der Waals surface area contributed by atoms with E-state index >= 15 is 0 Å². The molecule has 1 heterocycles. The Morgan fingerprint density at radius 1 is 1.53 bits per heavy atom. The topological polar surface area (TPSA) is 49.8 Å². The molecular weight excluding hydrogens is 242 g/mol. The maximum Gasteiger partial charge on any atom is 0.311 e. The van der Waals surface area contributed by atoms with Crippen LogP contribution in [0.3, 0.4) is 0 Å². The second-order valence-electron chi connectivity index (χ2n) is 5.49. The van der Waals surface area contributed by atoms with Crippen molar-refractivity contribution in [3.05, 3.63) is 23.8 Å². The van der Waals surface area contributed by atoms with Gasteiger partial charge in [-0.3, -0.25) is 4.79 Å². The van der Waals surface area contributed by atoms with Crippen molar-refractivity contribution in [1.29, 1.82) is 0 Å². The molecule has 19 heavy (non-hydrogen) atoms. The third-order valence-electron chi connectivity index (χ3n) is 4.14. The van der Waals surface area contributed by atoms with Crippen LogP contribution in [-0.4, -0.2) is 30.8 Å². The maximum atomic E-state index is 11.5. The van der Waals surface area contributed by atoms with Gasteiger partial charge in [0.1, 0.15) is 5.75 Å². The first-order valence-electron chi connectivity index (χ1n) is 6.59. The molecule has 0 aliphatic carbocycles. The molecule has 0 radical (unpaired) electrons. The Kier molecular flexibility index (Phi) is 3.43. The second kappa shape index (κ2) is 4.76. The molecule has 0 aromatic heterocycles. The van der Waals surface area contributed by atoms with Gasteiger partial charge in [-0.2, -0.15) is 0 Å². The van der Waals surface area contributed by atoms with Gasteiger partial charge in [0, 0.05) is 23.8 Å². The van der Waals surface area contributed by atoms with E-state index in [4.69, 9.17) is 4.74 Å². The van der Waals surface area contributed by atoms with E-state index in [9.17, 15) is 9.90 Å². The molecule has 1 aliphatic heterocycles. The van der Waals surface area contributed by atoms with Gasteiger partial charge >= 0.3 is 5.97 Å². The molecule has 1 atom stereocenters. The van der Waals surface area contributed by atoms with Crippen molar-refractivity contribution in [2.45, 2.75) is 33.2 Å². The van der Waals surface area contributed by atoms with E-state index < -0.39 is 11.4 Å². The minimum atomic E-state index is -0.792. The maximum absolute atomic E-state index is 11.5. The summed E-state index contributed by atoms with van der Waals surface area (Å²) < 4.78 is 5.40. The highest BCUT2D eigenvalue weighted by atomic mass is 16.5. The zero-order chi connectivity index (χ0) is 14.2. The molecule has 0 saturated carbocycles. The summed E-state index contributed by atoms with van der Waals surface area (Å²) in [6.45, 7) is 6.43. The van der Waals surface area contributed by atoms with E-state index in [0.717, 1.165) is 23.5 Å². The molecule has 1 unspecified atom stereocenters. The third kappa shape index (κ3) is 2.05. The lowest BCUT2D eigenvalue weighted by Gasteiger charge is -2.35. The van der Waals surface area contributed by atoms with Crippen LogP contribution in [0.5, 0.6) is 5.75 Å². The van der Waals surface area contributed by atoms with Crippen molar-refractivity contribution in [2.75, 3.05) is 18.6 Å². The highest BCUT2D eigenvalue weighted by Gasteiger charge is 2.44. The first kappa shape index (κ1) is 13.7. The largest absolute Gasteiger partial charge is 0.496 e. The van der Waals surface area contributed by atoms with Gasteiger partial charge in [-0.05, 0) is 39.3 Å². The van der Waals surface area contributed by atoms with Crippen molar-refractivity contribution in [1.82, 2.24) is 0 Å². The van der Waals surface area contributed by atoms with Crippen LogP contribution in [0.15, 0.2) is 18.2 Å². The minimum absolute atomic E-state index is 0.0405. The lowest BCUT2D eigenvalue weighted by Crippen LogP contribution is -2.47. The molecule has 0 saturated heterocycles. The van der Waals surface area contributed by atoms with Crippen LogP contribution in [0.2, 0.25) is 0 Å². The molecule has 104 valence electrons. The number of carboxylic acid groups (broad SMARTS) is 1. The number of rotatable bonds is 4. The number of carbonyl (C=O) groups is 1. The summed E-state index contributed by atoms with van der Waals surface area (Å²) in [5.74, 6) is 0.0855. The SMILES string of the molecule is CCN1c2cccc(OC)c2CC1C(C)(C)C(=O)O. The fourth-order valence-electron chi connectivity index (χ4n) is 2.87. The van der Waals surface area contributed by atoms with E-state index in [1.165, 1.54) is 0 Å². The van der Waals surface area contributed by atoms with Crippen molar-refractivity contribution in [3.63, 3.8) is 0 Å². The molecule has 0 amide bonds. The Bertz CT molecular complexity index is 496. The number of carboxylic acids is 1. The van der Waals surface area contributed by atoms with E-state index in [2.05, 4.69) is 11.8 Å². The minimum Gasteiger partial charge on any atom is -0.496 e.